The maximum absolute atomic E-state index is 13.1. The molecule has 1 aromatic carbocycles. The Kier molecular flexibility index (Phi) is 5.38. The fourth-order valence-corrected chi connectivity index (χ4v) is 4.24. The summed E-state index contributed by atoms with van der Waals surface area (Å²) in [5.74, 6) is 0.922. The Labute approximate surface area is 197 Å². The maximum atomic E-state index is 13.1. The van der Waals surface area contributed by atoms with E-state index in [0.29, 0.717) is 35.0 Å². The smallest absolute Gasteiger partial charge is 0.278 e. The zero-order valence-corrected chi connectivity index (χ0v) is 19.5. The van der Waals surface area contributed by atoms with Crippen LogP contribution in [0.15, 0.2) is 47.4 Å². The molecule has 0 unspecified atom stereocenters. The van der Waals surface area contributed by atoms with Crippen LogP contribution in [0.2, 0.25) is 0 Å². The van der Waals surface area contributed by atoms with E-state index in [0.717, 1.165) is 25.2 Å². The van der Waals surface area contributed by atoms with Crippen molar-refractivity contribution in [3.8, 4) is 11.9 Å². The first-order valence-corrected chi connectivity index (χ1v) is 11.4. The Morgan fingerprint density at radius 1 is 1.21 bits per heavy atom. The van der Waals surface area contributed by atoms with Crippen LogP contribution >= 0.6 is 0 Å². The largest absolute Gasteiger partial charge is 0.324 e. The van der Waals surface area contributed by atoms with Crippen LogP contribution in [0.5, 0.6) is 0 Å². The fourth-order valence-electron chi connectivity index (χ4n) is 4.24. The van der Waals surface area contributed by atoms with Gasteiger partial charge in [0.05, 0.1) is 17.2 Å². The lowest BCUT2D eigenvalue weighted by Crippen LogP contribution is -2.23. The normalized spacial score (nSPS) is 13.5. The number of hydrogen-bond donors (Lipinski definition) is 2. The van der Waals surface area contributed by atoms with Crippen molar-refractivity contribution in [2.75, 3.05) is 11.9 Å². The van der Waals surface area contributed by atoms with Crippen LogP contribution in [0.4, 0.5) is 11.6 Å². The highest BCUT2D eigenvalue weighted by Gasteiger charge is 2.23. The lowest BCUT2D eigenvalue weighted by Gasteiger charge is -2.18. The molecule has 0 spiro atoms. The Morgan fingerprint density at radius 2 is 2.06 bits per heavy atom. The quantitative estimate of drug-likeness (QED) is 0.476. The molecule has 34 heavy (non-hydrogen) atoms. The van der Waals surface area contributed by atoms with Crippen molar-refractivity contribution in [2.24, 2.45) is 0 Å². The van der Waals surface area contributed by atoms with Gasteiger partial charge in [0, 0.05) is 25.0 Å². The number of nitrogens with zero attached hydrogens (tertiary/aromatic N) is 6. The van der Waals surface area contributed by atoms with Crippen LogP contribution in [-0.4, -0.2) is 30.9 Å². The zero-order chi connectivity index (χ0) is 23.9. The Balaban J connectivity index is 1.61. The molecule has 0 bridgehead atoms. The lowest BCUT2D eigenvalue weighted by molar-refractivity contribution is 0.562. The summed E-state index contributed by atoms with van der Waals surface area (Å²) in [6.45, 7) is 7.80. The Morgan fingerprint density at radius 3 is 2.85 bits per heavy atom. The van der Waals surface area contributed by atoms with E-state index < -0.39 is 5.41 Å². The van der Waals surface area contributed by atoms with Crippen LogP contribution in [0.25, 0.3) is 16.9 Å². The average molecular weight is 455 g/mol. The Hall–Kier alpha value is -4.03. The molecule has 0 aliphatic carbocycles. The molecule has 1 aliphatic rings. The van der Waals surface area contributed by atoms with Crippen molar-refractivity contribution in [1.82, 2.24) is 29.6 Å². The summed E-state index contributed by atoms with van der Waals surface area (Å²) in [5.41, 5.74) is 3.63. The van der Waals surface area contributed by atoms with Crippen LogP contribution in [0.3, 0.4) is 0 Å². The first-order valence-electron chi connectivity index (χ1n) is 11.4. The highest BCUT2D eigenvalue weighted by Crippen LogP contribution is 2.24. The van der Waals surface area contributed by atoms with Gasteiger partial charge in [-0.15, -0.1) is 0 Å². The number of benzene rings is 1. The van der Waals surface area contributed by atoms with Gasteiger partial charge in [-0.2, -0.15) is 10.2 Å². The van der Waals surface area contributed by atoms with Crippen LogP contribution in [-0.2, 0) is 24.9 Å². The number of anilines is 2. The van der Waals surface area contributed by atoms with Gasteiger partial charge in [0.2, 0.25) is 5.95 Å². The molecule has 2 N–H and O–H groups in total. The number of nitriles is 1. The van der Waals surface area contributed by atoms with Gasteiger partial charge in [-0.25, -0.2) is 19.3 Å². The second-order valence-corrected chi connectivity index (χ2v) is 8.92. The summed E-state index contributed by atoms with van der Waals surface area (Å²) in [7, 11) is 0. The van der Waals surface area contributed by atoms with E-state index in [1.54, 1.807) is 15.6 Å². The highest BCUT2D eigenvalue weighted by atomic mass is 16.1. The molecule has 0 saturated heterocycles. The van der Waals surface area contributed by atoms with Gasteiger partial charge < -0.3 is 10.6 Å². The third-order valence-electron chi connectivity index (χ3n) is 6.20. The van der Waals surface area contributed by atoms with Gasteiger partial charge >= 0.3 is 0 Å². The molecule has 0 amide bonds. The number of pyridine rings is 1. The predicted octanol–water partition coefficient (Wildman–Crippen LogP) is 3.19. The molecular formula is C25H26N8O. The molecule has 5 rings (SSSR count). The van der Waals surface area contributed by atoms with Gasteiger partial charge in [-0.05, 0) is 69.1 Å². The molecule has 0 atom stereocenters. The van der Waals surface area contributed by atoms with Crippen molar-refractivity contribution in [2.45, 2.75) is 45.7 Å². The van der Waals surface area contributed by atoms with E-state index in [1.807, 2.05) is 45.0 Å². The minimum atomic E-state index is -0.765. The molecule has 9 heteroatoms. The number of aromatic nitrogens is 5. The predicted molar refractivity (Wildman–Crippen MR) is 130 cm³/mol. The first-order chi connectivity index (χ1) is 16.4. The average Bonchev–Trinajstić information content (AvgIpc) is 3.14. The van der Waals surface area contributed by atoms with Crippen LogP contribution < -0.4 is 16.2 Å². The van der Waals surface area contributed by atoms with Gasteiger partial charge in [0.1, 0.15) is 5.39 Å². The summed E-state index contributed by atoms with van der Waals surface area (Å²) in [6, 6.07) is 14.0. The fraction of sp³-hybridized carbons (Fsp3) is 0.320. The minimum absolute atomic E-state index is 0.185. The third kappa shape index (κ3) is 3.72. The van der Waals surface area contributed by atoms with Crippen molar-refractivity contribution < 1.29 is 0 Å². The molecule has 4 heterocycles. The monoisotopic (exact) mass is 454 g/mol. The molecule has 1 aliphatic heterocycles. The van der Waals surface area contributed by atoms with E-state index in [2.05, 4.69) is 33.8 Å². The molecule has 0 saturated carbocycles. The molecule has 172 valence electrons. The molecule has 0 radical (unpaired) electrons. The standard InChI is InChI=1S/C25H26N8O/c1-4-32-23(34)19-14-28-24(29-18-9-8-16-10-11-27-13-17(16)12-18)31-22(19)33(32)21-7-5-6-20(30-21)25(2,3)15-26/h5-9,12,14,27H,4,10-11,13H2,1-3H3,(H,28,29,31). The molecule has 9 nitrogen and oxygen atoms in total. The third-order valence-corrected chi connectivity index (χ3v) is 6.20. The summed E-state index contributed by atoms with van der Waals surface area (Å²) in [4.78, 5) is 26.9. The van der Waals surface area contributed by atoms with Gasteiger partial charge in [0.15, 0.2) is 11.5 Å². The minimum Gasteiger partial charge on any atom is -0.324 e. The number of rotatable bonds is 5. The topological polar surface area (TPSA) is 113 Å². The SMILES string of the molecule is CCn1c(=O)c2cnc(Nc3ccc4c(c3)CNCC4)nc2n1-c1cccc(C(C)(C)C#N)n1. The summed E-state index contributed by atoms with van der Waals surface area (Å²) in [6.07, 6.45) is 2.57. The Bertz CT molecular complexity index is 1490. The van der Waals surface area contributed by atoms with E-state index >= 15 is 0 Å². The van der Waals surface area contributed by atoms with E-state index in [1.165, 1.54) is 11.1 Å². The highest BCUT2D eigenvalue weighted by molar-refractivity contribution is 5.77. The molecule has 0 fully saturated rings. The molecule has 4 aromatic rings. The molecule has 3 aromatic heterocycles. The van der Waals surface area contributed by atoms with E-state index in [9.17, 15) is 10.1 Å². The first kappa shape index (κ1) is 21.8. The number of hydrogen-bond acceptors (Lipinski definition) is 7. The van der Waals surface area contributed by atoms with E-state index in [-0.39, 0.29) is 5.56 Å². The lowest BCUT2D eigenvalue weighted by atomic mass is 9.91. The number of fused-ring (bicyclic) bond motifs is 2. The van der Waals surface area contributed by atoms with Crippen LogP contribution in [0, 0.1) is 11.3 Å². The number of nitrogens with one attached hydrogen (secondary N) is 2. The maximum Gasteiger partial charge on any atom is 0.278 e. The summed E-state index contributed by atoms with van der Waals surface area (Å²) >= 11 is 0. The second-order valence-electron chi connectivity index (χ2n) is 8.92. The van der Waals surface area contributed by atoms with Crippen LogP contribution in [0.1, 0.15) is 37.6 Å². The molecular weight excluding hydrogens is 428 g/mol. The van der Waals surface area contributed by atoms with Crippen molar-refractivity contribution >= 4 is 22.7 Å². The summed E-state index contributed by atoms with van der Waals surface area (Å²) < 4.78 is 3.29. The van der Waals surface area contributed by atoms with Gasteiger partial charge in [-0.1, -0.05) is 12.1 Å². The van der Waals surface area contributed by atoms with Crippen molar-refractivity contribution in [3.63, 3.8) is 0 Å². The summed E-state index contributed by atoms with van der Waals surface area (Å²) in [5, 5.41) is 16.6. The second kappa shape index (κ2) is 8.39. The van der Waals surface area contributed by atoms with Gasteiger partial charge in [0.25, 0.3) is 5.56 Å². The van der Waals surface area contributed by atoms with E-state index in [4.69, 9.17) is 9.97 Å². The van der Waals surface area contributed by atoms with Gasteiger partial charge in [-0.3, -0.25) is 4.79 Å². The van der Waals surface area contributed by atoms with Crippen molar-refractivity contribution in [1.29, 1.82) is 5.26 Å². The zero-order valence-electron chi connectivity index (χ0n) is 19.5. The van der Waals surface area contributed by atoms with Crippen molar-refractivity contribution in [3.05, 3.63) is 69.8 Å².